The molecule has 6 nitrogen and oxygen atoms in total. The average molecular weight is 446 g/mol. The minimum atomic E-state index is -0.484. The summed E-state index contributed by atoms with van der Waals surface area (Å²) in [7, 11) is 1.79. The molecule has 2 amide bonds. The maximum Gasteiger partial charge on any atom is 0.410 e. The molecule has 1 aliphatic heterocycles. The molecule has 0 aromatic carbocycles. The number of piperidine rings is 1. The lowest BCUT2D eigenvalue weighted by atomic mass is 10.0. The van der Waals surface area contributed by atoms with Gasteiger partial charge >= 0.3 is 6.09 Å². The fraction of sp³-hybridized carbons (Fsp3) is 0.667. The van der Waals surface area contributed by atoms with Crippen LogP contribution in [0.15, 0.2) is 15.9 Å². The van der Waals surface area contributed by atoms with Gasteiger partial charge in [0.25, 0.3) is 0 Å². The first-order valence-electron chi connectivity index (χ1n) is 8.82. The van der Waals surface area contributed by atoms with Crippen LogP contribution in [0.25, 0.3) is 0 Å². The smallest absolute Gasteiger partial charge is 0.410 e. The van der Waals surface area contributed by atoms with Gasteiger partial charge in [-0.15, -0.1) is 11.3 Å². The topological polar surface area (TPSA) is 61.9 Å². The number of halogens is 1. The van der Waals surface area contributed by atoms with Crippen LogP contribution in [0.3, 0.4) is 0 Å². The molecule has 2 heterocycles. The van der Waals surface area contributed by atoms with E-state index in [0.717, 1.165) is 35.3 Å². The maximum absolute atomic E-state index is 12.2. The van der Waals surface area contributed by atoms with E-state index in [1.54, 1.807) is 23.3 Å². The van der Waals surface area contributed by atoms with Crippen molar-refractivity contribution in [2.75, 3.05) is 26.7 Å². The number of likely N-dealkylation sites (tertiary alicyclic amines) is 1. The second-order valence-electron chi connectivity index (χ2n) is 7.61. The van der Waals surface area contributed by atoms with E-state index >= 15 is 0 Å². The van der Waals surface area contributed by atoms with Crippen molar-refractivity contribution >= 4 is 39.3 Å². The summed E-state index contributed by atoms with van der Waals surface area (Å²) >= 11 is 5.04. The highest BCUT2D eigenvalue weighted by Gasteiger charge is 2.29. The predicted octanol–water partition coefficient (Wildman–Crippen LogP) is 3.46. The number of rotatable bonds is 5. The molecule has 8 heteroatoms. The van der Waals surface area contributed by atoms with Gasteiger partial charge in [-0.3, -0.25) is 9.69 Å². The van der Waals surface area contributed by atoms with E-state index in [-0.39, 0.29) is 18.0 Å². The van der Waals surface area contributed by atoms with Crippen LogP contribution in [0.1, 0.15) is 38.5 Å². The van der Waals surface area contributed by atoms with Crippen LogP contribution < -0.4 is 5.32 Å². The number of thiophene rings is 1. The first-order valence-corrected chi connectivity index (χ1v) is 10.5. The lowest BCUT2D eigenvalue weighted by molar-refractivity contribution is -0.122. The van der Waals surface area contributed by atoms with E-state index in [2.05, 4.69) is 26.1 Å². The number of nitrogens with zero attached hydrogens (tertiary/aromatic N) is 2. The van der Waals surface area contributed by atoms with Crippen molar-refractivity contribution in [2.45, 2.75) is 51.8 Å². The van der Waals surface area contributed by atoms with E-state index in [1.807, 2.05) is 32.2 Å². The number of ether oxygens (including phenoxy) is 1. The summed E-state index contributed by atoms with van der Waals surface area (Å²) in [4.78, 5) is 29.2. The Hall–Kier alpha value is -1.12. The van der Waals surface area contributed by atoms with Crippen molar-refractivity contribution in [1.82, 2.24) is 15.1 Å². The Morgan fingerprint density at radius 2 is 2.04 bits per heavy atom. The zero-order valence-corrected chi connectivity index (χ0v) is 18.3. The van der Waals surface area contributed by atoms with Gasteiger partial charge in [0.05, 0.1) is 13.1 Å². The first-order chi connectivity index (χ1) is 12.1. The highest BCUT2D eigenvalue weighted by atomic mass is 79.9. The Bertz CT molecular complexity index is 621. The fourth-order valence-corrected chi connectivity index (χ4v) is 4.23. The quantitative estimate of drug-likeness (QED) is 0.753. The molecule has 1 aliphatic rings. The molecule has 146 valence electrons. The third-order valence-corrected chi connectivity index (χ3v) is 5.93. The van der Waals surface area contributed by atoms with Gasteiger partial charge in [0.2, 0.25) is 5.91 Å². The van der Waals surface area contributed by atoms with Crippen molar-refractivity contribution in [1.29, 1.82) is 0 Å². The highest BCUT2D eigenvalue weighted by Crippen LogP contribution is 2.20. The van der Waals surface area contributed by atoms with E-state index in [4.69, 9.17) is 4.74 Å². The van der Waals surface area contributed by atoms with Gasteiger partial charge in [0.1, 0.15) is 5.60 Å². The Kier molecular flexibility index (Phi) is 7.49. The van der Waals surface area contributed by atoms with Crippen LogP contribution in [0, 0.1) is 0 Å². The first kappa shape index (κ1) is 21.2. The molecule has 1 aromatic heterocycles. The summed E-state index contributed by atoms with van der Waals surface area (Å²) in [5.41, 5.74) is -0.484. The van der Waals surface area contributed by atoms with Crippen molar-refractivity contribution in [2.24, 2.45) is 0 Å². The summed E-state index contributed by atoms with van der Waals surface area (Å²) < 4.78 is 6.47. The summed E-state index contributed by atoms with van der Waals surface area (Å²) in [5, 5.41) is 4.97. The average Bonchev–Trinajstić information content (AvgIpc) is 2.97. The lowest BCUT2D eigenvalue weighted by Gasteiger charge is -2.37. The summed E-state index contributed by atoms with van der Waals surface area (Å²) in [5.74, 6) is 0.0356. The molecule has 0 spiro atoms. The molecule has 1 fully saturated rings. The number of nitrogens with one attached hydrogen (secondary N) is 1. The molecule has 26 heavy (non-hydrogen) atoms. The minimum Gasteiger partial charge on any atom is -0.444 e. The zero-order valence-electron chi connectivity index (χ0n) is 15.9. The van der Waals surface area contributed by atoms with E-state index < -0.39 is 5.60 Å². The molecular formula is C18H28BrN3O3S. The van der Waals surface area contributed by atoms with Crippen molar-refractivity contribution in [3.8, 4) is 0 Å². The van der Waals surface area contributed by atoms with E-state index in [0.29, 0.717) is 13.1 Å². The largest absolute Gasteiger partial charge is 0.444 e. The summed E-state index contributed by atoms with van der Waals surface area (Å²) in [6.45, 7) is 8.17. The second-order valence-corrected chi connectivity index (χ2v) is 9.52. The molecule has 2 rings (SSSR count). The minimum absolute atomic E-state index is 0.0356. The van der Waals surface area contributed by atoms with Crippen LogP contribution in [0.5, 0.6) is 0 Å². The number of carbonyl (C=O) groups excluding carboxylic acids is 2. The van der Waals surface area contributed by atoms with Crippen molar-refractivity contribution < 1.29 is 14.3 Å². The molecule has 1 N–H and O–H groups in total. The van der Waals surface area contributed by atoms with Crippen LogP contribution in [-0.2, 0) is 16.1 Å². The van der Waals surface area contributed by atoms with Gasteiger partial charge in [-0.1, -0.05) is 0 Å². The van der Waals surface area contributed by atoms with Gasteiger partial charge in [0, 0.05) is 40.9 Å². The van der Waals surface area contributed by atoms with Gasteiger partial charge in [-0.25, -0.2) is 4.79 Å². The van der Waals surface area contributed by atoms with E-state index in [9.17, 15) is 9.59 Å². The van der Waals surface area contributed by atoms with Crippen LogP contribution >= 0.6 is 27.3 Å². The molecule has 0 unspecified atom stereocenters. The third-order valence-electron chi connectivity index (χ3n) is 4.24. The van der Waals surface area contributed by atoms with Crippen molar-refractivity contribution in [3.63, 3.8) is 0 Å². The van der Waals surface area contributed by atoms with Gasteiger partial charge in [-0.05, 0) is 55.6 Å². The summed E-state index contributed by atoms with van der Waals surface area (Å²) in [6, 6.07) is 2.18. The Balaban J connectivity index is 1.70. The summed E-state index contributed by atoms with van der Waals surface area (Å²) in [6.07, 6.45) is 1.41. The molecule has 0 bridgehead atoms. The molecule has 0 radical (unpaired) electrons. The fourth-order valence-electron chi connectivity index (χ4n) is 2.84. The normalized spacial score (nSPS) is 16.3. The Morgan fingerprint density at radius 3 is 2.58 bits per heavy atom. The SMILES string of the molecule is CN(C(=O)OC(C)(C)C)C1CCN(CC(=O)NCc2cc(Br)cs2)CC1. The van der Waals surface area contributed by atoms with Crippen LogP contribution in [0.2, 0.25) is 0 Å². The molecule has 1 saturated heterocycles. The molecular weight excluding hydrogens is 418 g/mol. The van der Waals surface area contributed by atoms with Gasteiger partial charge < -0.3 is 15.0 Å². The van der Waals surface area contributed by atoms with Crippen LogP contribution in [0.4, 0.5) is 4.79 Å². The van der Waals surface area contributed by atoms with Gasteiger partial charge in [0.15, 0.2) is 0 Å². The number of amides is 2. The monoisotopic (exact) mass is 445 g/mol. The Labute approximate surface area is 168 Å². The standard InChI is InChI=1S/C18H28BrN3O3S/c1-18(2,3)25-17(24)21(4)14-5-7-22(8-6-14)11-16(23)20-10-15-9-13(19)12-26-15/h9,12,14H,5-8,10-11H2,1-4H3,(H,20,23). The number of carbonyl (C=O) groups is 2. The second kappa shape index (κ2) is 9.19. The molecule has 1 aromatic rings. The van der Waals surface area contributed by atoms with Crippen molar-refractivity contribution in [3.05, 3.63) is 20.8 Å². The predicted molar refractivity (Wildman–Crippen MR) is 107 cm³/mol. The maximum atomic E-state index is 12.2. The molecule has 0 atom stereocenters. The van der Waals surface area contributed by atoms with Crippen LogP contribution in [-0.4, -0.2) is 60.1 Å². The number of hydrogen-bond donors (Lipinski definition) is 1. The molecule has 0 aliphatic carbocycles. The number of hydrogen-bond acceptors (Lipinski definition) is 5. The zero-order chi connectivity index (χ0) is 19.3. The lowest BCUT2D eigenvalue weighted by Crippen LogP contribution is -2.48. The third kappa shape index (κ3) is 6.89. The highest BCUT2D eigenvalue weighted by molar-refractivity contribution is 9.10. The molecule has 0 saturated carbocycles. The Morgan fingerprint density at radius 1 is 1.38 bits per heavy atom. The van der Waals surface area contributed by atoms with Gasteiger partial charge in [-0.2, -0.15) is 0 Å². The van der Waals surface area contributed by atoms with E-state index in [1.165, 1.54) is 0 Å².